The lowest BCUT2D eigenvalue weighted by Crippen LogP contribution is -2.60. The maximum Gasteiger partial charge on any atom is 0.326 e. The number of aromatic nitrogens is 1. The number of phenols is 1. The number of aliphatic hydroxyl groups excluding tert-OH is 1. The molecule has 0 saturated carbocycles. The molecule has 308 valence electrons. The SMILES string of the molecule is CC(C)C[C@H](NC(=O)[C@H](Cc1c[nH]c2ccccc12)NC(=O)[C@H](CC(N)=O)NC(=O)[C@@H](N)CC(=O)O)C(=O)N[C@@H](CO)C(=O)N[C@@H](Cc1ccc(O)cc1)C(=O)O. The molecule has 0 fully saturated rings. The first kappa shape index (κ1) is 44.9. The maximum atomic E-state index is 14.0. The first-order valence-corrected chi connectivity index (χ1v) is 17.8. The molecule has 14 N–H and O–H groups in total. The molecule has 20 heteroatoms. The van der Waals surface area contributed by atoms with Crippen molar-refractivity contribution in [3.05, 3.63) is 65.9 Å². The molecular formula is C37H48N8O12. The van der Waals surface area contributed by atoms with E-state index < -0.39 is 103 Å². The number of hydrogen-bond donors (Lipinski definition) is 12. The van der Waals surface area contributed by atoms with Crippen LogP contribution in [0.4, 0.5) is 0 Å². The number of aromatic hydroxyl groups is 1. The summed E-state index contributed by atoms with van der Waals surface area (Å²) in [7, 11) is 0. The molecule has 6 atom stereocenters. The number of carbonyl (C=O) groups is 8. The second-order valence-corrected chi connectivity index (χ2v) is 13.8. The van der Waals surface area contributed by atoms with Crippen molar-refractivity contribution < 1.29 is 58.8 Å². The first-order chi connectivity index (χ1) is 26.9. The zero-order valence-corrected chi connectivity index (χ0v) is 31.2. The van der Waals surface area contributed by atoms with E-state index in [1.54, 1.807) is 44.3 Å². The number of H-pyrrole nitrogens is 1. The number of carboxylic acids is 2. The monoisotopic (exact) mass is 796 g/mol. The Balaban J connectivity index is 1.86. The number of para-hydroxylation sites is 1. The molecule has 0 saturated heterocycles. The molecule has 2 aromatic carbocycles. The number of nitrogens with two attached hydrogens (primary N) is 2. The van der Waals surface area contributed by atoms with E-state index in [4.69, 9.17) is 16.6 Å². The molecule has 20 nitrogen and oxygen atoms in total. The number of primary amides is 1. The van der Waals surface area contributed by atoms with Gasteiger partial charge in [-0.3, -0.25) is 33.6 Å². The Labute approximate surface area is 326 Å². The molecule has 57 heavy (non-hydrogen) atoms. The summed E-state index contributed by atoms with van der Waals surface area (Å²) < 4.78 is 0. The van der Waals surface area contributed by atoms with Crippen molar-refractivity contribution in [2.75, 3.05) is 6.61 Å². The largest absolute Gasteiger partial charge is 0.508 e. The van der Waals surface area contributed by atoms with E-state index >= 15 is 0 Å². The van der Waals surface area contributed by atoms with Gasteiger partial charge >= 0.3 is 11.9 Å². The van der Waals surface area contributed by atoms with Gasteiger partial charge in [0.15, 0.2) is 0 Å². The topological polar surface area (TPSA) is 345 Å². The van der Waals surface area contributed by atoms with Crippen LogP contribution in [0.3, 0.4) is 0 Å². The predicted octanol–water partition coefficient (Wildman–Crippen LogP) is -2.12. The zero-order valence-electron chi connectivity index (χ0n) is 31.2. The molecule has 0 bridgehead atoms. The summed E-state index contributed by atoms with van der Waals surface area (Å²) >= 11 is 0. The summed E-state index contributed by atoms with van der Waals surface area (Å²) in [5.41, 5.74) is 12.7. The van der Waals surface area contributed by atoms with Crippen LogP contribution >= 0.6 is 0 Å². The lowest BCUT2D eigenvalue weighted by molar-refractivity contribution is -0.142. The fourth-order valence-electron chi connectivity index (χ4n) is 5.75. The molecule has 0 aliphatic carbocycles. The molecule has 0 radical (unpaired) electrons. The Morgan fingerprint density at radius 2 is 1.23 bits per heavy atom. The van der Waals surface area contributed by atoms with Crippen molar-refractivity contribution in [1.29, 1.82) is 0 Å². The molecule has 1 aromatic heterocycles. The van der Waals surface area contributed by atoms with Gasteiger partial charge in [0.1, 0.15) is 36.0 Å². The fourth-order valence-corrected chi connectivity index (χ4v) is 5.75. The van der Waals surface area contributed by atoms with Gasteiger partial charge in [-0.05, 0) is 41.7 Å². The predicted molar refractivity (Wildman–Crippen MR) is 202 cm³/mol. The van der Waals surface area contributed by atoms with Gasteiger partial charge in [0, 0.05) is 29.9 Å². The molecule has 6 amide bonds. The van der Waals surface area contributed by atoms with Crippen molar-refractivity contribution in [3.8, 4) is 5.75 Å². The van der Waals surface area contributed by atoms with Crippen LogP contribution in [-0.2, 0) is 51.2 Å². The number of carbonyl (C=O) groups excluding carboxylic acids is 6. The van der Waals surface area contributed by atoms with Crippen LogP contribution < -0.4 is 38.1 Å². The summed E-state index contributed by atoms with van der Waals surface area (Å²) in [6.07, 6.45) is -0.334. The Kier molecular flexibility index (Phi) is 16.5. The highest BCUT2D eigenvalue weighted by molar-refractivity contribution is 5.98. The number of hydrogen-bond acceptors (Lipinski definition) is 11. The van der Waals surface area contributed by atoms with Gasteiger partial charge in [-0.15, -0.1) is 0 Å². The van der Waals surface area contributed by atoms with Gasteiger partial charge in [-0.1, -0.05) is 44.2 Å². The van der Waals surface area contributed by atoms with Crippen molar-refractivity contribution in [2.45, 2.75) is 82.2 Å². The molecule has 0 aliphatic rings. The first-order valence-electron chi connectivity index (χ1n) is 17.8. The molecule has 3 rings (SSSR count). The van der Waals surface area contributed by atoms with Gasteiger partial charge in [0.25, 0.3) is 0 Å². The van der Waals surface area contributed by atoms with Gasteiger partial charge in [0.2, 0.25) is 35.4 Å². The number of carboxylic acid groups (broad SMARTS) is 2. The van der Waals surface area contributed by atoms with Gasteiger partial charge in [0.05, 0.1) is 25.5 Å². The van der Waals surface area contributed by atoms with E-state index in [0.29, 0.717) is 22.0 Å². The minimum absolute atomic E-state index is 0.00841. The Morgan fingerprint density at radius 1 is 0.684 bits per heavy atom. The maximum absolute atomic E-state index is 14.0. The molecule has 0 spiro atoms. The lowest BCUT2D eigenvalue weighted by atomic mass is 10.00. The van der Waals surface area contributed by atoms with Crippen molar-refractivity contribution in [3.63, 3.8) is 0 Å². The van der Waals surface area contributed by atoms with Gasteiger partial charge in [-0.25, -0.2) is 4.79 Å². The lowest BCUT2D eigenvalue weighted by Gasteiger charge is -2.27. The van der Waals surface area contributed by atoms with E-state index in [9.17, 15) is 53.7 Å². The number of rotatable bonds is 22. The number of aromatic amines is 1. The van der Waals surface area contributed by atoms with E-state index in [-0.39, 0.29) is 30.9 Å². The van der Waals surface area contributed by atoms with Crippen LogP contribution in [0.2, 0.25) is 0 Å². The van der Waals surface area contributed by atoms with Crippen LogP contribution in [0, 0.1) is 5.92 Å². The van der Waals surface area contributed by atoms with Crippen molar-refractivity contribution >= 4 is 58.3 Å². The number of fused-ring (bicyclic) bond motifs is 1. The number of aliphatic hydroxyl groups is 1. The van der Waals surface area contributed by atoms with Crippen LogP contribution in [0.15, 0.2) is 54.7 Å². The number of benzene rings is 2. The summed E-state index contributed by atoms with van der Waals surface area (Å²) in [5, 5.41) is 50.9. The van der Waals surface area contributed by atoms with E-state index in [2.05, 4.69) is 31.6 Å². The number of aliphatic carboxylic acids is 2. The molecule has 1 heterocycles. The van der Waals surface area contributed by atoms with Crippen LogP contribution in [0.5, 0.6) is 5.75 Å². The van der Waals surface area contributed by atoms with Gasteiger partial charge < -0.3 is 63.5 Å². The molecule has 0 unspecified atom stereocenters. The summed E-state index contributed by atoms with van der Waals surface area (Å²) in [6.45, 7) is 2.52. The third-order valence-corrected chi connectivity index (χ3v) is 8.65. The normalized spacial score (nSPS) is 14.3. The fraction of sp³-hybridized carbons (Fsp3) is 0.405. The van der Waals surface area contributed by atoms with Crippen LogP contribution in [0.25, 0.3) is 10.9 Å². The molecular weight excluding hydrogens is 748 g/mol. The third-order valence-electron chi connectivity index (χ3n) is 8.65. The average Bonchev–Trinajstić information content (AvgIpc) is 3.55. The molecule has 0 aliphatic heterocycles. The highest BCUT2D eigenvalue weighted by atomic mass is 16.4. The Bertz CT molecular complexity index is 1930. The zero-order chi connectivity index (χ0) is 42.4. The van der Waals surface area contributed by atoms with Crippen LogP contribution in [-0.4, -0.2) is 116 Å². The third kappa shape index (κ3) is 13.9. The molecule has 3 aromatic rings. The Hall–Kier alpha value is -6.54. The summed E-state index contributed by atoms with van der Waals surface area (Å²) in [5.74, 6) is -9.15. The summed E-state index contributed by atoms with van der Waals surface area (Å²) in [4.78, 5) is 105. The second-order valence-electron chi connectivity index (χ2n) is 13.8. The number of nitrogens with one attached hydrogen (secondary N) is 6. The summed E-state index contributed by atoms with van der Waals surface area (Å²) in [6, 6.07) is 3.38. The standard InChI is InChI=1S/C37H48N8O12/c1-18(2)11-25(33(52)45-29(17-46)36(55)44-28(37(56)57)12-19-7-9-21(47)10-8-19)42-34(53)26(13-20-16-40-24-6-4-3-5-22(20)24)43-35(54)27(15-30(39)48)41-32(51)23(38)14-31(49)50/h3-10,16,18,23,25-29,40,46-47H,11-15,17,38H2,1-2H3,(H2,39,48)(H,41,51)(H,42,53)(H,43,54)(H,44,55)(H,45,52)(H,49,50)(H,56,57)/t23-,25-,26-,27-,28-,29-/m0/s1. The Morgan fingerprint density at radius 3 is 1.82 bits per heavy atom. The number of amides is 6. The minimum Gasteiger partial charge on any atom is -0.508 e. The smallest absolute Gasteiger partial charge is 0.326 e. The van der Waals surface area contributed by atoms with E-state index in [1.807, 2.05) is 0 Å². The second kappa shape index (κ2) is 20.9. The quantitative estimate of drug-likeness (QED) is 0.0518. The van der Waals surface area contributed by atoms with Crippen LogP contribution in [0.1, 0.15) is 44.2 Å². The van der Waals surface area contributed by atoms with E-state index in [1.165, 1.54) is 24.3 Å². The van der Waals surface area contributed by atoms with Crippen molar-refractivity contribution in [1.82, 2.24) is 31.6 Å². The highest BCUT2D eigenvalue weighted by Gasteiger charge is 2.34. The highest BCUT2D eigenvalue weighted by Crippen LogP contribution is 2.20. The minimum atomic E-state index is -1.68. The average molecular weight is 797 g/mol. The van der Waals surface area contributed by atoms with Gasteiger partial charge in [-0.2, -0.15) is 0 Å². The van der Waals surface area contributed by atoms with Crippen molar-refractivity contribution in [2.24, 2.45) is 17.4 Å². The van der Waals surface area contributed by atoms with E-state index in [0.717, 1.165) is 0 Å². The number of phenolic OH excluding ortho intramolecular Hbond substituents is 1.